The fourth-order valence-electron chi connectivity index (χ4n) is 2.70. The highest BCUT2D eigenvalue weighted by Gasteiger charge is 2.18. The Balaban J connectivity index is 1.73. The molecule has 1 N–H and O–H groups in total. The maximum atomic E-state index is 12.6. The van der Waals surface area contributed by atoms with Gasteiger partial charge in [0.1, 0.15) is 6.10 Å². The zero-order valence-corrected chi connectivity index (χ0v) is 14.8. The number of nitrogens with zero attached hydrogens (tertiary/aromatic N) is 1. The topological polar surface area (TPSA) is 51.2 Å². The van der Waals surface area contributed by atoms with Crippen LogP contribution in [0.15, 0.2) is 42.6 Å². The molecule has 1 amide bonds. The van der Waals surface area contributed by atoms with E-state index in [1.165, 1.54) is 0 Å². The smallest absolute Gasteiger partial charge is 0.255 e. The first kappa shape index (κ1) is 16.8. The molecule has 5 heteroatoms. The molecule has 1 fully saturated rings. The van der Waals surface area contributed by atoms with Crippen molar-refractivity contribution in [2.45, 2.75) is 32.3 Å². The van der Waals surface area contributed by atoms with Crippen molar-refractivity contribution >= 4 is 23.4 Å². The molecule has 1 aromatic carbocycles. The summed E-state index contributed by atoms with van der Waals surface area (Å²) in [6, 6.07) is 11.3. The van der Waals surface area contributed by atoms with Crippen molar-refractivity contribution < 1.29 is 9.53 Å². The van der Waals surface area contributed by atoms with E-state index in [0.717, 1.165) is 29.2 Å². The number of para-hydroxylation sites is 1. The van der Waals surface area contributed by atoms with Gasteiger partial charge in [0, 0.05) is 29.3 Å². The van der Waals surface area contributed by atoms with Crippen LogP contribution in [-0.2, 0) is 0 Å². The quantitative estimate of drug-likeness (QED) is 0.878. The van der Waals surface area contributed by atoms with E-state index in [1.807, 2.05) is 36.0 Å². The molecule has 1 aliphatic heterocycles. The van der Waals surface area contributed by atoms with Crippen molar-refractivity contribution in [3.8, 4) is 5.88 Å². The Labute approximate surface area is 147 Å². The summed E-state index contributed by atoms with van der Waals surface area (Å²) in [7, 11) is 0. The van der Waals surface area contributed by atoms with Crippen molar-refractivity contribution in [3.05, 3.63) is 53.7 Å². The predicted molar refractivity (Wildman–Crippen MR) is 99.1 cm³/mol. The van der Waals surface area contributed by atoms with E-state index in [4.69, 9.17) is 4.74 Å². The second-order valence-corrected chi connectivity index (χ2v) is 7.33. The Morgan fingerprint density at radius 3 is 2.92 bits per heavy atom. The fourth-order valence-corrected chi connectivity index (χ4v) is 3.79. The highest BCUT2D eigenvalue weighted by atomic mass is 32.2. The molecule has 4 nitrogen and oxygen atoms in total. The Morgan fingerprint density at radius 2 is 2.17 bits per heavy atom. The number of pyridine rings is 1. The fraction of sp³-hybridized carbons (Fsp3) is 0.368. The lowest BCUT2D eigenvalue weighted by atomic mass is 10.0. The second kappa shape index (κ2) is 7.71. The van der Waals surface area contributed by atoms with Crippen LogP contribution in [0.25, 0.3) is 0 Å². The molecule has 1 aliphatic rings. The number of anilines is 1. The third kappa shape index (κ3) is 4.09. The molecule has 0 spiro atoms. The third-order valence-electron chi connectivity index (χ3n) is 4.00. The van der Waals surface area contributed by atoms with Gasteiger partial charge in [-0.3, -0.25) is 4.79 Å². The van der Waals surface area contributed by atoms with Crippen LogP contribution < -0.4 is 10.1 Å². The molecular formula is C19H22N2O2S. The number of hydrogen-bond acceptors (Lipinski definition) is 4. The van der Waals surface area contributed by atoms with Crippen LogP contribution in [0.4, 0.5) is 5.69 Å². The first-order chi connectivity index (χ1) is 11.6. The Hall–Kier alpha value is -2.01. The SMILES string of the molecule is CC(C)c1ccccc1NC(=O)c1ccnc(OC2CCSC2)c1. The van der Waals surface area contributed by atoms with E-state index >= 15 is 0 Å². The molecule has 0 bridgehead atoms. The summed E-state index contributed by atoms with van der Waals surface area (Å²) >= 11 is 1.89. The highest BCUT2D eigenvalue weighted by molar-refractivity contribution is 7.99. The van der Waals surface area contributed by atoms with Gasteiger partial charge in [0.15, 0.2) is 0 Å². The summed E-state index contributed by atoms with van der Waals surface area (Å²) < 4.78 is 5.87. The third-order valence-corrected chi connectivity index (χ3v) is 5.14. The number of rotatable bonds is 5. The number of nitrogens with one attached hydrogen (secondary N) is 1. The number of carbonyl (C=O) groups is 1. The molecule has 1 atom stereocenters. The number of hydrogen-bond donors (Lipinski definition) is 1. The van der Waals surface area contributed by atoms with Crippen LogP contribution in [0.5, 0.6) is 5.88 Å². The molecule has 0 radical (unpaired) electrons. The molecular weight excluding hydrogens is 320 g/mol. The molecule has 1 saturated heterocycles. The van der Waals surface area contributed by atoms with Crippen LogP contribution in [0.2, 0.25) is 0 Å². The van der Waals surface area contributed by atoms with Crippen molar-refractivity contribution in [2.24, 2.45) is 0 Å². The summed E-state index contributed by atoms with van der Waals surface area (Å²) in [6.45, 7) is 4.23. The largest absolute Gasteiger partial charge is 0.473 e. The first-order valence-corrected chi connectivity index (χ1v) is 9.39. The lowest BCUT2D eigenvalue weighted by Gasteiger charge is -2.14. The van der Waals surface area contributed by atoms with E-state index in [-0.39, 0.29) is 12.0 Å². The van der Waals surface area contributed by atoms with E-state index in [0.29, 0.717) is 17.4 Å². The van der Waals surface area contributed by atoms with E-state index in [9.17, 15) is 4.79 Å². The van der Waals surface area contributed by atoms with Crippen molar-refractivity contribution in [2.75, 3.05) is 16.8 Å². The molecule has 1 aromatic heterocycles. The molecule has 0 saturated carbocycles. The van der Waals surface area contributed by atoms with Gasteiger partial charge in [0.05, 0.1) is 0 Å². The molecule has 0 aliphatic carbocycles. The lowest BCUT2D eigenvalue weighted by Crippen LogP contribution is -2.17. The van der Waals surface area contributed by atoms with Gasteiger partial charge in [0.25, 0.3) is 5.91 Å². The Morgan fingerprint density at radius 1 is 1.33 bits per heavy atom. The predicted octanol–water partition coefficient (Wildman–Crippen LogP) is 4.34. The van der Waals surface area contributed by atoms with Gasteiger partial charge in [-0.25, -0.2) is 4.98 Å². The second-order valence-electron chi connectivity index (χ2n) is 6.18. The van der Waals surface area contributed by atoms with Gasteiger partial charge in [-0.15, -0.1) is 0 Å². The summed E-state index contributed by atoms with van der Waals surface area (Å²) in [4.78, 5) is 16.8. The maximum Gasteiger partial charge on any atom is 0.255 e. The number of benzene rings is 1. The van der Waals surface area contributed by atoms with Crippen LogP contribution in [0.3, 0.4) is 0 Å². The van der Waals surface area contributed by atoms with E-state index in [1.54, 1.807) is 18.3 Å². The van der Waals surface area contributed by atoms with Crippen LogP contribution in [0, 0.1) is 0 Å². The average Bonchev–Trinajstić information content (AvgIpc) is 3.08. The minimum Gasteiger partial charge on any atom is -0.473 e. The molecule has 3 rings (SSSR count). The van der Waals surface area contributed by atoms with Gasteiger partial charge in [0.2, 0.25) is 5.88 Å². The van der Waals surface area contributed by atoms with Gasteiger partial charge < -0.3 is 10.1 Å². The molecule has 2 aromatic rings. The minimum atomic E-state index is -0.142. The zero-order valence-electron chi connectivity index (χ0n) is 14.0. The molecule has 126 valence electrons. The van der Waals surface area contributed by atoms with Crippen molar-refractivity contribution in [3.63, 3.8) is 0 Å². The highest BCUT2D eigenvalue weighted by Crippen LogP contribution is 2.25. The summed E-state index contributed by atoms with van der Waals surface area (Å²) in [5.41, 5.74) is 2.53. The van der Waals surface area contributed by atoms with E-state index in [2.05, 4.69) is 24.1 Å². The van der Waals surface area contributed by atoms with E-state index < -0.39 is 0 Å². The summed E-state index contributed by atoms with van der Waals surface area (Å²) in [5, 5.41) is 3.00. The molecule has 2 heterocycles. The van der Waals surface area contributed by atoms with Gasteiger partial charge in [-0.05, 0) is 35.8 Å². The van der Waals surface area contributed by atoms with Crippen molar-refractivity contribution in [1.82, 2.24) is 4.98 Å². The Bertz CT molecular complexity index is 712. The van der Waals surface area contributed by atoms with Gasteiger partial charge >= 0.3 is 0 Å². The van der Waals surface area contributed by atoms with Crippen LogP contribution in [-0.4, -0.2) is 28.5 Å². The summed E-state index contributed by atoms with van der Waals surface area (Å²) in [5.74, 6) is 2.83. The molecule has 1 unspecified atom stereocenters. The minimum absolute atomic E-state index is 0.142. The summed E-state index contributed by atoms with van der Waals surface area (Å²) in [6.07, 6.45) is 2.85. The standard InChI is InChI=1S/C19H22N2O2S/c1-13(2)16-5-3-4-6-17(16)21-19(22)14-7-9-20-18(11-14)23-15-8-10-24-12-15/h3-7,9,11,13,15H,8,10,12H2,1-2H3,(H,21,22). The monoisotopic (exact) mass is 342 g/mol. The zero-order chi connectivity index (χ0) is 16.9. The number of carbonyl (C=O) groups excluding carboxylic acids is 1. The molecule has 24 heavy (non-hydrogen) atoms. The van der Waals surface area contributed by atoms with Crippen LogP contribution >= 0.6 is 11.8 Å². The lowest BCUT2D eigenvalue weighted by molar-refractivity contribution is 0.102. The number of aromatic nitrogens is 1. The maximum absolute atomic E-state index is 12.6. The average molecular weight is 342 g/mol. The Kier molecular flexibility index (Phi) is 5.41. The van der Waals surface area contributed by atoms with Gasteiger partial charge in [-0.1, -0.05) is 32.0 Å². The van der Waals surface area contributed by atoms with Gasteiger partial charge in [-0.2, -0.15) is 11.8 Å². The number of ether oxygens (including phenoxy) is 1. The first-order valence-electron chi connectivity index (χ1n) is 8.24. The number of amides is 1. The number of thioether (sulfide) groups is 1. The van der Waals surface area contributed by atoms with Crippen molar-refractivity contribution in [1.29, 1.82) is 0 Å². The normalized spacial score (nSPS) is 17.0. The van der Waals surface area contributed by atoms with Crippen LogP contribution in [0.1, 0.15) is 42.1 Å².